The minimum Gasteiger partial charge on any atom is -0.497 e. The molecule has 3 N–H and O–H groups in total. The van der Waals surface area contributed by atoms with Gasteiger partial charge in [0.25, 0.3) is 0 Å². The number of carbonyl (C=O) groups excluding carboxylic acids is 2. The molecule has 2 aliphatic rings. The number of benzene rings is 1. The molecule has 3 heterocycles. The molecular weight excluding hydrogens is 593 g/mol. The molecule has 1 atom stereocenters. The van der Waals surface area contributed by atoms with Gasteiger partial charge in [0.05, 0.1) is 37.5 Å². The molecule has 42 heavy (non-hydrogen) atoms. The van der Waals surface area contributed by atoms with Crippen molar-refractivity contribution >= 4 is 56.9 Å². The Labute approximate surface area is 256 Å². The molecule has 1 aliphatic carbocycles. The molecule has 1 aromatic carbocycles. The number of ether oxygens (including phenoxy) is 2. The minimum atomic E-state index is -0.510. The fourth-order valence-electron chi connectivity index (χ4n) is 5.18. The van der Waals surface area contributed by atoms with Gasteiger partial charge in [0, 0.05) is 51.3 Å². The average Bonchev–Trinajstić information content (AvgIpc) is 3.59. The van der Waals surface area contributed by atoms with E-state index in [0.29, 0.717) is 50.6 Å². The summed E-state index contributed by atoms with van der Waals surface area (Å²) in [4.78, 5) is 30.1. The second-order valence-electron chi connectivity index (χ2n) is 10.7. The smallest absolute Gasteiger partial charge is 0.234 e. The van der Waals surface area contributed by atoms with Gasteiger partial charge in [-0.25, -0.2) is 0 Å². The van der Waals surface area contributed by atoms with Gasteiger partial charge in [-0.2, -0.15) is 5.26 Å². The molecular formula is C29H30N6O4S3. The van der Waals surface area contributed by atoms with Crippen LogP contribution in [0.1, 0.15) is 42.4 Å². The van der Waals surface area contributed by atoms with Crippen molar-refractivity contribution in [3.8, 4) is 17.6 Å². The van der Waals surface area contributed by atoms with Crippen molar-refractivity contribution in [2.75, 3.05) is 30.2 Å². The van der Waals surface area contributed by atoms with E-state index in [1.165, 1.54) is 23.1 Å². The highest BCUT2D eigenvalue weighted by Crippen LogP contribution is 2.51. The van der Waals surface area contributed by atoms with Crippen LogP contribution < -0.4 is 25.4 Å². The normalized spacial score (nSPS) is 18.0. The van der Waals surface area contributed by atoms with E-state index in [1.807, 2.05) is 19.1 Å². The van der Waals surface area contributed by atoms with Gasteiger partial charge in [0.15, 0.2) is 10.1 Å². The number of anilines is 2. The Bertz CT molecular complexity index is 1640. The zero-order valence-corrected chi connectivity index (χ0v) is 26.3. The fraction of sp³-hybridized carbons (Fsp3) is 0.345. The number of thioether (sulfide) groups is 1. The van der Waals surface area contributed by atoms with Crippen LogP contribution in [0, 0.1) is 23.7 Å². The highest BCUT2D eigenvalue weighted by molar-refractivity contribution is 8.01. The highest BCUT2D eigenvalue weighted by Gasteiger charge is 2.45. The molecule has 13 heteroatoms. The van der Waals surface area contributed by atoms with Crippen LogP contribution in [0.25, 0.3) is 0 Å². The second kappa shape index (κ2) is 11.8. The van der Waals surface area contributed by atoms with Gasteiger partial charge in [-0.05, 0) is 30.9 Å². The SMILES string of the molecule is COc1cc(NC(=O)CSc2nnc(N3C(N)=C(C#N)C(c4ccc(C)s4)C4=C3CC(C)(C)CC4=O)s2)cc(OC)c1. The summed E-state index contributed by atoms with van der Waals surface area (Å²) >= 11 is 4.05. The lowest BCUT2D eigenvalue weighted by Crippen LogP contribution is -2.42. The number of Topliss-reactive ketones (excluding diaryl/α,β-unsaturated/α-hetero) is 1. The summed E-state index contributed by atoms with van der Waals surface area (Å²) in [6.45, 7) is 6.10. The Balaban J connectivity index is 1.41. The van der Waals surface area contributed by atoms with Gasteiger partial charge in [0.1, 0.15) is 17.3 Å². The topological polar surface area (TPSA) is 143 Å². The largest absolute Gasteiger partial charge is 0.497 e. The van der Waals surface area contributed by atoms with Gasteiger partial charge in [-0.1, -0.05) is 36.9 Å². The van der Waals surface area contributed by atoms with Crippen LogP contribution in [-0.4, -0.2) is 41.9 Å². The van der Waals surface area contributed by atoms with Gasteiger partial charge in [-0.3, -0.25) is 14.5 Å². The molecule has 5 rings (SSSR count). The molecule has 3 aromatic rings. The number of rotatable bonds is 8. The number of nitrogens with one attached hydrogen (secondary N) is 1. The summed E-state index contributed by atoms with van der Waals surface area (Å²) in [5, 5.41) is 22.2. The van der Waals surface area contributed by atoms with E-state index in [0.717, 1.165) is 15.5 Å². The standard InChI is InChI=1S/C29H30N6O4S3/c1-15-6-7-22(41-15)24-19(13-30)26(31)35(20-11-29(2,3)12-21(36)25(20)24)27-33-34-28(42-27)40-14-23(37)32-16-8-17(38-4)10-18(9-16)39-5/h6-10,24H,11-12,14,31H2,1-5H3,(H,32,37). The molecule has 1 unspecified atom stereocenters. The van der Waals surface area contributed by atoms with E-state index < -0.39 is 5.92 Å². The van der Waals surface area contributed by atoms with E-state index in [4.69, 9.17) is 15.2 Å². The third-order valence-electron chi connectivity index (χ3n) is 6.98. The van der Waals surface area contributed by atoms with Gasteiger partial charge in [-0.15, -0.1) is 21.5 Å². The van der Waals surface area contributed by atoms with Crippen molar-refractivity contribution in [2.24, 2.45) is 11.1 Å². The van der Waals surface area contributed by atoms with E-state index in [-0.39, 0.29) is 28.7 Å². The Morgan fingerprint density at radius 1 is 1.19 bits per heavy atom. The summed E-state index contributed by atoms with van der Waals surface area (Å²) in [7, 11) is 3.08. The molecule has 0 radical (unpaired) electrons. The molecule has 0 saturated heterocycles. The zero-order valence-electron chi connectivity index (χ0n) is 23.8. The number of carbonyl (C=O) groups is 2. The minimum absolute atomic E-state index is 0.00695. The van der Waals surface area contributed by atoms with Crippen LogP contribution in [-0.2, 0) is 9.59 Å². The summed E-state index contributed by atoms with van der Waals surface area (Å²) in [6, 6.07) is 11.4. The van der Waals surface area contributed by atoms with Crippen molar-refractivity contribution < 1.29 is 19.1 Å². The van der Waals surface area contributed by atoms with E-state index in [2.05, 4.69) is 35.4 Å². The number of nitrogens with zero attached hydrogens (tertiary/aromatic N) is 4. The first-order chi connectivity index (χ1) is 20.0. The molecule has 0 bridgehead atoms. The van der Waals surface area contributed by atoms with Crippen LogP contribution in [0.4, 0.5) is 10.8 Å². The number of ketones is 1. The number of hydrogen-bond donors (Lipinski definition) is 2. The number of methoxy groups -OCH3 is 2. The maximum Gasteiger partial charge on any atom is 0.234 e. The predicted molar refractivity (Wildman–Crippen MR) is 165 cm³/mol. The first-order valence-electron chi connectivity index (χ1n) is 13.0. The quantitative estimate of drug-likeness (QED) is 0.305. The van der Waals surface area contributed by atoms with Gasteiger partial charge < -0.3 is 20.5 Å². The maximum absolute atomic E-state index is 13.6. The van der Waals surface area contributed by atoms with Gasteiger partial charge >= 0.3 is 0 Å². The predicted octanol–water partition coefficient (Wildman–Crippen LogP) is 5.60. The lowest BCUT2D eigenvalue weighted by atomic mass is 9.70. The number of nitriles is 1. The maximum atomic E-state index is 13.6. The number of thiophene rings is 1. The van der Waals surface area contributed by atoms with Crippen LogP contribution in [0.3, 0.4) is 0 Å². The number of nitrogens with two attached hydrogens (primary N) is 1. The molecule has 218 valence electrons. The Morgan fingerprint density at radius 2 is 1.90 bits per heavy atom. The number of allylic oxidation sites excluding steroid dienone is 3. The molecule has 1 amide bonds. The van der Waals surface area contributed by atoms with Crippen LogP contribution in [0.2, 0.25) is 0 Å². The van der Waals surface area contributed by atoms with E-state index in [9.17, 15) is 14.9 Å². The molecule has 10 nitrogen and oxygen atoms in total. The number of aromatic nitrogens is 2. The first kappa shape index (κ1) is 29.6. The Kier molecular flexibility index (Phi) is 8.32. The molecule has 2 aromatic heterocycles. The monoisotopic (exact) mass is 622 g/mol. The third kappa shape index (κ3) is 5.88. The van der Waals surface area contributed by atoms with Gasteiger partial charge in [0.2, 0.25) is 11.0 Å². The van der Waals surface area contributed by atoms with Crippen molar-refractivity contribution in [3.63, 3.8) is 0 Å². The lowest BCUT2D eigenvalue weighted by Gasteiger charge is -2.42. The number of aryl methyl sites for hydroxylation is 1. The van der Waals surface area contributed by atoms with Crippen molar-refractivity contribution in [1.29, 1.82) is 5.26 Å². The Morgan fingerprint density at radius 3 is 2.52 bits per heavy atom. The first-order valence-corrected chi connectivity index (χ1v) is 15.7. The van der Waals surface area contributed by atoms with Crippen molar-refractivity contribution in [1.82, 2.24) is 10.2 Å². The van der Waals surface area contributed by atoms with Crippen LogP contribution >= 0.6 is 34.4 Å². The third-order valence-corrected chi connectivity index (χ3v) is 10.1. The summed E-state index contributed by atoms with van der Waals surface area (Å²) in [5.74, 6) is 0.707. The number of hydrogen-bond acceptors (Lipinski definition) is 12. The van der Waals surface area contributed by atoms with E-state index >= 15 is 0 Å². The Hall–Kier alpha value is -3.86. The van der Waals surface area contributed by atoms with Crippen LogP contribution in [0.15, 0.2) is 57.3 Å². The summed E-state index contributed by atoms with van der Waals surface area (Å²) in [5.41, 5.74) is 8.62. The highest BCUT2D eigenvalue weighted by atomic mass is 32.2. The summed E-state index contributed by atoms with van der Waals surface area (Å²) in [6.07, 6.45) is 0.966. The van der Waals surface area contributed by atoms with Crippen LogP contribution in [0.5, 0.6) is 11.5 Å². The number of amides is 1. The molecule has 0 saturated carbocycles. The molecule has 0 fully saturated rings. The summed E-state index contributed by atoms with van der Waals surface area (Å²) < 4.78 is 11.1. The van der Waals surface area contributed by atoms with Crippen molar-refractivity contribution in [3.05, 3.63) is 62.8 Å². The lowest BCUT2D eigenvalue weighted by molar-refractivity contribution is -0.118. The fourth-order valence-corrected chi connectivity index (χ4v) is 7.85. The van der Waals surface area contributed by atoms with Crippen molar-refractivity contribution in [2.45, 2.75) is 43.9 Å². The second-order valence-corrected chi connectivity index (χ2v) is 14.2. The average molecular weight is 623 g/mol. The molecule has 1 aliphatic heterocycles. The zero-order chi connectivity index (χ0) is 30.2. The van der Waals surface area contributed by atoms with E-state index in [1.54, 1.807) is 48.7 Å². The molecule has 0 spiro atoms.